The Balaban J connectivity index is 1.68. The zero-order valence-corrected chi connectivity index (χ0v) is 15.3. The van der Waals surface area contributed by atoms with Crippen molar-refractivity contribution in [3.8, 4) is 11.5 Å². The van der Waals surface area contributed by atoms with Gasteiger partial charge in [-0.3, -0.25) is 25.1 Å². The molecule has 28 heavy (non-hydrogen) atoms. The van der Waals surface area contributed by atoms with Gasteiger partial charge in [0, 0.05) is 12.6 Å². The van der Waals surface area contributed by atoms with E-state index in [9.17, 15) is 9.59 Å². The first kappa shape index (κ1) is 17.5. The summed E-state index contributed by atoms with van der Waals surface area (Å²) < 4.78 is 7.02. The molecule has 2 amide bonds. The van der Waals surface area contributed by atoms with Crippen LogP contribution in [-0.2, 0) is 7.05 Å². The molecule has 4 rings (SSSR count). The van der Waals surface area contributed by atoms with E-state index in [1.807, 2.05) is 6.07 Å². The molecule has 0 atom stereocenters. The van der Waals surface area contributed by atoms with Crippen molar-refractivity contribution in [3.05, 3.63) is 71.6 Å². The molecule has 0 saturated heterocycles. The van der Waals surface area contributed by atoms with Crippen LogP contribution in [0.25, 0.3) is 22.5 Å². The van der Waals surface area contributed by atoms with Gasteiger partial charge in [0.25, 0.3) is 11.8 Å². The second-order valence-electron chi connectivity index (χ2n) is 6.21. The van der Waals surface area contributed by atoms with Crippen LogP contribution in [0.5, 0.6) is 0 Å². The van der Waals surface area contributed by atoms with Crippen molar-refractivity contribution in [1.29, 1.82) is 0 Å². The highest BCUT2D eigenvalue weighted by Crippen LogP contribution is 2.26. The molecular weight excluding hydrogens is 358 g/mol. The van der Waals surface area contributed by atoms with Crippen LogP contribution in [0.2, 0.25) is 0 Å². The highest BCUT2D eigenvalue weighted by Gasteiger charge is 2.20. The number of pyridine rings is 1. The quantitative estimate of drug-likeness (QED) is 0.536. The van der Waals surface area contributed by atoms with Gasteiger partial charge < -0.3 is 4.42 Å². The maximum Gasteiger partial charge on any atom is 0.270 e. The van der Waals surface area contributed by atoms with Gasteiger partial charge in [0.05, 0.1) is 22.9 Å². The van der Waals surface area contributed by atoms with Gasteiger partial charge in [-0.2, -0.15) is 5.10 Å². The van der Waals surface area contributed by atoms with Gasteiger partial charge in [-0.05, 0) is 37.3 Å². The SMILES string of the molecule is Cc1nn(C)c2nc(-c3ccco3)cc(C(=O)NNC(=O)c3ccccc3)c12. The first-order chi connectivity index (χ1) is 13.5. The van der Waals surface area contributed by atoms with Crippen molar-refractivity contribution >= 4 is 22.8 Å². The Labute approximate surface area is 160 Å². The fourth-order valence-electron chi connectivity index (χ4n) is 3.02. The summed E-state index contributed by atoms with van der Waals surface area (Å²) in [5.74, 6) is -0.350. The van der Waals surface area contributed by atoms with Crippen molar-refractivity contribution < 1.29 is 14.0 Å². The van der Waals surface area contributed by atoms with Crippen LogP contribution in [-0.4, -0.2) is 26.6 Å². The minimum Gasteiger partial charge on any atom is -0.463 e. The zero-order chi connectivity index (χ0) is 19.7. The van der Waals surface area contributed by atoms with Crippen molar-refractivity contribution in [2.75, 3.05) is 0 Å². The predicted octanol–water partition coefficient (Wildman–Crippen LogP) is 2.61. The highest BCUT2D eigenvalue weighted by molar-refractivity contribution is 6.08. The van der Waals surface area contributed by atoms with Gasteiger partial charge in [-0.25, -0.2) is 4.98 Å². The maximum atomic E-state index is 12.9. The molecule has 0 radical (unpaired) electrons. The molecule has 8 heteroatoms. The van der Waals surface area contributed by atoms with Crippen molar-refractivity contribution in [3.63, 3.8) is 0 Å². The molecule has 8 nitrogen and oxygen atoms in total. The molecule has 0 spiro atoms. The van der Waals surface area contributed by atoms with Crippen molar-refractivity contribution in [2.45, 2.75) is 6.92 Å². The predicted molar refractivity (Wildman–Crippen MR) is 102 cm³/mol. The van der Waals surface area contributed by atoms with E-state index in [0.717, 1.165) is 0 Å². The monoisotopic (exact) mass is 375 g/mol. The van der Waals surface area contributed by atoms with Crippen LogP contribution in [0.4, 0.5) is 0 Å². The smallest absolute Gasteiger partial charge is 0.270 e. The number of fused-ring (bicyclic) bond motifs is 1. The van der Waals surface area contributed by atoms with Gasteiger partial charge in [0.1, 0.15) is 5.69 Å². The van der Waals surface area contributed by atoms with Gasteiger partial charge in [-0.15, -0.1) is 0 Å². The van der Waals surface area contributed by atoms with E-state index in [4.69, 9.17) is 4.42 Å². The molecule has 0 aliphatic carbocycles. The number of aromatic nitrogens is 3. The average Bonchev–Trinajstić information content (AvgIpc) is 3.34. The molecule has 0 saturated carbocycles. The Kier molecular flexibility index (Phi) is 4.36. The lowest BCUT2D eigenvalue weighted by Crippen LogP contribution is -2.41. The summed E-state index contributed by atoms with van der Waals surface area (Å²) in [4.78, 5) is 29.6. The molecule has 0 fully saturated rings. The van der Waals surface area contributed by atoms with E-state index in [0.29, 0.717) is 39.3 Å². The van der Waals surface area contributed by atoms with Crippen molar-refractivity contribution in [1.82, 2.24) is 25.6 Å². The van der Waals surface area contributed by atoms with Crippen molar-refractivity contribution in [2.24, 2.45) is 7.05 Å². The molecule has 3 aromatic heterocycles. The van der Waals surface area contributed by atoms with E-state index in [2.05, 4.69) is 20.9 Å². The molecule has 4 aromatic rings. The maximum absolute atomic E-state index is 12.9. The number of carbonyl (C=O) groups is 2. The third kappa shape index (κ3) is 3.11. The number of nitrogens with zero attached hydrogens (tertiary/aromatic N) is 3. The topological polar surface area (TPSA) is 102 Å². The summed E-state index contributed by atoms with van der Waals surface area (Å²) in [5, 5.41) is 4.97. The van der Waals surface area contributed by atoms with Crippen LogP contribution in [0.15, 0.2) is 59.2 Å². The normalized spacial score (nSPS) is 10.8. The van der Waals surface area contributed by atoms with Gasteiger partial charge >= 0.3 is 0 Å². The van der Waals surface area contributed by atoms with Gasteiger partial charge in [0.15, 0.2) is 11.4 Å². The minimum absolute atomic E-state index is 0.343. The summed E-state index contributed by atoms with van der Waals surface area (Å²) in [5.41, 5.74) is 7.39. The third-order valence-corrected chi connectivity index (χ3v) is 4.31. The molecule has 140 valence electrons. The lowest BCUT2D eigenvalue weighted by Gasteiger charge is -2.09. The molecule has 0 aliphatic heterocycles. The fourth-order valence-corrected chi connectivity index (χ4v) is 3.02. The summed E-state index contributed by atoms with van der Waals surface area (Å²) in [7, 11) is 1.76. The number of rotatable bonds is 3. The Bertz CT molecular complexity index is 1160. The molecule has 0 bridgehead atoms. The third-order valence-electron chi connectivity index (χ3n) is 4.31. The zero-order valence-electron chi connectivity index (χ0n) is 15.3. The molecule has 0 unspecified atom stereocenters. The number of hydrogen-bond donors (Lipinski definition) is 2. The van der Waals surface area contributed by atoms with E-state index < -0.39 is 11.8 Å². The standard InChI is InChI=1S/C20H17N5O3/c1-12-17-14(20(27)23-22-19(26)13-7-4-3-5-8-13)11-15(16-9-6-10-28-16)21-18(17)25(2)24-12/h3-11H,1-2H3,(H,22,26)(H,23,27). The van der Waals surface area contributed by atoms with Gasteiger partial charge in [0.2, 0.25) is 0 Å². The number of carbonyl (C=O) groups excluding carboxylic acids is 2. The van der Waals surface area contributed by atoms with Crippen LogP contribution in [0, 0.1) is 6.92 Å². The van der Waals surface area contributed by atoms with Crippen LogP contribution in [0.3, 0.4) is 0 Å². The van der Waals surface area contributed by atoms with E-state index >= 15 is 0 Å². The first-order valence-corrected chi connectivity index (χ1v) is 8.58. The van der Waals surface area contributed by atoms with Crippen LogP contribution >= 0.6 is 0 Å². The number of hydrazine groups is 1. The summed E-state index contributed by atoms with van der Waals surface area (Å²) in [6.45, 7) is 1.80. The number of hydrogen-bond acceptors (Lipinski definition) is 5. The average molecular weight is 375 g/mol. The summed E-state index contributed by atoms with van der Waals surface area (Å²) in [6.07, 6.45) is 1.54. The molecule has 3 heterocycles. The van der Waals surface area contributed by atoms with Crippen LogP contribution in [0.1, 0.15) is 26.4 Å². The fraction of sp³-hybridized carbons (Fsp3) is 0.100. The number of nitrogens with one attached hydrogen (secondary N) is 2. The number of furan rings is 1. The Morgan fingerprint density at radius 3 is 2.50 bits per heavy atom. The summed E-state index contributed by atoms with van der Waals surface area (Å²) in [6, 6.07) is 13.8. The van der Waals surface area contributed by atoms with E-state index in [-0.39, 0.29) is 0 Å². The van der Waals surface area contributed by atoms with E-state index in [1.54, 1.807) is 61.1 Å². The first-order valence-electron chi connectivity index (χ1n) is 8.58. The largest absolute Gasteiger partial charge is 0.463 e. The van der Waals surface area contributed by atoms with Gasteiger partial charge in [-0.1, -0.05) is 18.2 Å². The number of amides is 2. The number of benzene rings is 1. The lowest BCUT2D eigenvalue weighted by atomic mass is 10.1. The minimum atomic E-state index is -0.472. The molecule has 0 aliphatic rings. The summed E-state index contributed by atoms with van der Waals surface area (Å²) >= 11 is 0. The highest BCUT2D eigenvalue weighted by atomic mass is 16.3. The molecule has 2 N–H and O–H groups in total. The second kappa shape index (κ2) is 6.99. The van der Waals surface area contributed by atoms with Crippen LogP contribution < -0.4 is 10.9 Å². The lowest BCUT2D eigenvalue weighted by molar-refractivity contribution is 0.0847. The molecule has 1 aromatic carbocycles. The second-order valence-corrected chi connectivity index (χ2v) is 6.21. The van der Waals surface area contributed by atoms with E-state index in [1.165, 1.54) is 6.26 Å². The Morgan fingerprint density at radius 1 is 1.04 bits per heavy atom. The Morgan fingerprint density at radius 2 is 1.79 bits per heavy atom. The Hall–Kier alpha value is -3.94. The molecular formula is C20H17N5O3. The number of aryl methyl sites for hydroxylation is 2.